The highest BCUT2D eigenvalue weighted by Gasteiger charge is 2.39. The van der Waals surface area contributed by atoms with Gasteiger partial charge in [0, 0.05) is 26.7 Å². The molecule has 120 valence electrons. The van der Waals surface area contributed by atoms with Crippen molar-refractivity contribution in [2.24, 2.45) is 0 Å². The number of methoxy groups -OCH3 is 1. The van der Waals surface area contributed by atoms with Gasteiger partial charge in [-0.25, -0.2) is 0 Å². The molecule has 0 aromatic heterocycles. The summed E-state index contributed by atoms with van der Waals surface area (Å²) in [5, 5.41) is 9.75. The molecule has 1 N–H and O–H groups in total. The fraction of sp³-hybridized carbons (Fsp3) is 1.00. The molecule has 5 heteroatoms. The topological polar surface area (TPSA) is 57.2 Å². The van der Waals surface area contributed by atoms with Crippen LogP contribution in [0.2, 0.25) is 0 Å². The maximum Gasteiger partial charge on any atom is 0.181 e. The van der Waals surface area contributed by atoms with Gasteiger partial charge in [0.25, 0.3) is 0 Å². The zero-order chi connectivity index (χ0) is 14.8. The fourth-order valence-corrected chi connectivity index (χ4v) is 2.21. The highest BCUT2D eigenvalue weighted by molar-refractivity contribution is 4.83. The van der Waals surface area contributed by atoms with E-state index in [9.17, 15) is 5.11 Å². The van der Waals surface area contributed by atoms with E-state index in [1.807, 2.05) is 0 Å². The molecule has 0 amide bonds. The number of aliphatic hydroxyl groups excluding tert-OH is 1. The van der Waals surface area contributed by atoms with Gasteiger partial charge in [0.2, 0.25) is 0 Å². The van der Waals surface area contributed by atoms with Crippen LogP contribution in [0.15, 0.2) is 0 Å². The lowest BCUT2D eigenvalue weighted by Crippen LogP contribution is -2.34. The van der Waals surface area contributed by atoms with Crippen LogP contribution in [0.5, 0.6) is 0 Å². The Balaban J connectivity index is 2.40. The van der Waals surface area contributed by atoms with Gasteiger partial charge < -0.3 is 24.1 Å². The Labute approximate surface area is 122 Å². The first-order valence-electron chi connectivity index (χ1n) is 7.78. The van der Waals surface area contributed by atoms with Gasteiger partial charge in [-0.1, -0.05) is 26.7 Å². The van der Waals surface area contributed by atoms with Crippen molar-refractivity contribution in [3.05, 3.63) is 0 Å². The zero-order valence-corrected chi connectivity index (χ0v) is 13.0. The molecule has 1 fully saturated rings. The van der Waals surface area contributed by atoms with Crippen LogP contribution >= 0.6 is 0 Å². The molecular formula is C15H30O5. The highest BCUT2D eigenvalue weighted by Crippen LogP contribution is 2.25. The minimum absolute atomic E-state index is 0.131. The summed E-state index contributed by atoms with van der Waals surface area (Å²) in [6.07, 6.45) is 3.51. The molecule has 20 heavy (non-hydrogen) atoms. The Morgan fingerprint density at radius 2 is 1.90 bits per heavy atom. The van der Waals surface area contributed by atoms with Crippen molar-refractivity contribution >= 4 is 0 Å². The molecule has 4 atom stereocenters. The van der Waals surface area contributed by atoms with E-state index in [-0.39, 0.29) is 18.3 Å². The Morgan fingerprint density at radius 3 is 2.50 bits per heavy atom. The van der Waals surface area contributed by atoms with Gasteiger partial charge in [0.15, 0.2) is 6.29 Å². The van der Waals surface area contributed by atoms with Crippen molar-refractivity contribution in [1.82, 2.24) is 0 Å². The van der Waals surface area contributed by atoms with Crippen LogP contribution < -0.4 is 0 Å². The van der Waals surface area contributed by atoms with Crippen molar-refractivity contribution in [2.45, 2.75) is 70.6 Å². The number of hydrogen-bond donors (Lipinski definition) is 1. The van der Waals surface area contributed by atoms with Gasteiger partial charge in [0.05, 0.1) is 12.7 Å². The van der Waals surface area contributed by atoms with Gasteiger partial charge in [0.1, 0.15) is 12.2 Å². The van der Waals surface area contributed by atoms with Gasteiger partial charge in [-0.2, -0.15) is 0 Å². The predicted octanol–water partition coefficient (Wildman–Crippen LogP) is 2.11. The van der Waals surface area contributed by atoms with Crippen LogP contribution in [0.3, 0.4) is 0 Å². The van der Waals surface area contributed by atoms with Crippen LogP contribution in [0.25, 0.3) is 0 Å². The zero-order valence-electron chi connectivity index (χ0n) is 13.0. The first kappa shape index (κ1) is 17.9. The van der Waals surface area contributed by atoms with Crippen LogP contribution in [0, 0.1) is 0 Å². The second-order valence-electron chi connectivity index (χ2n) is 5.27. The molecule has 1 saturated heterocycles. The SMILES string of the molecule is CCCCOC[C@@H](OCCCC)[C@@H]1C[C@@H](OC)C(O)O1. The molecule has 0 aliphatic carbocycles. The number of hydrogen-bond acceptors (Lipinski definition) is 5. The Bertz CT molecular complexity index is 236. The van der Waals surface area contributed by atoms with E-state index in [1.54, 1.807) is 7.11 Å². The van der Waals surface area contributed by atoms with Gasteiger partial charge in [-0.3, -0.25) is 0 Å². The Hall–Kier alpha value is -0.200. The predicted molar refractivity (Wildman–Crippen MR) is 76.7 cm³/mol. The lowest BCUT2D eigenvalue weighted by atomic mass is 10.1. The molecule has 0 aromatic carbocycles. The fourth-order valence-electron chi connectivity index (χ4n) is 2.21. The largest absolute Gasteiger partial charge is 0.379 e. The quantitative estimate of drug-likeness (QED) is 0.591. The lowest BCUT2D eigenvalue weighted by Gasteiger charge is -2.23. The van der Waals surface area contributed by atoms with Crippen LogP contribution in [-0.2, 0) is 18.9 Å². The summed E-state index contributed by atoms with van der Waals surface area (Å²) in [6.45, 7) is 6.22. The van der Waals surface area contributed by atoms with E-state index < -0.39 is 6.29 Å². The minimum atomic E-state index is -0.863. The minimum Gasteiger partial charge on any atom is -0.379 e. The van der Waals surface area contributed by atoms with Crippen molar-refractivity contribution < 1.29 is 24.1 Å². The number of unbranched alkanes of at least 4 members (excludes halogenated alkanes) is 2. The molecule has 0 bridgehead atoms. The van der Waals surface area contributed by atoms with Gasteiger partial charge in [-0.15, -0.1) is 0 Å². The van der Waals surface area contributed by atoms with Crippen molar-refractivity contribution in [3.8, 4) is 0 Å². The van der Waals surface area contributed by atoms with Crippen LogP contribution in [-0.4, -0.2) is 56.6 Å². The van der Waals surface area contributed by atoms with E-state index in [0.29, 0.717) is 19.6 Å². The molecule has 1 aliphatic heterocycles. The maximum atomic E-state index is 9.75. The number of ether oxygens (including phenoxy) is 4. The summed E-state index contributed by atoms with van der Waals surface area (Å²) in [5.74, 6) is 0. The van der Waals surface area contributed by atoms with Crippen molar-refractivity contribution in [2.75, 3.05) is 26.9 Å². The summed E-state index contributed by atoms with van der Waals surface area (Å²) in [5.41, 5.74) is 0. The third-order valence-electron chi connectivity index (χ3n) is 3.57. The van der Waals surface area contributed by atoms with Crippen LogP contribution in [0.4, 0.5) is 0 Å². The van der Waals surface area contributed by atoms with E-state index in [0.717, 1.165) is 32.3 Å². The van der Waals surface area contributed by atoms with E-state index in [2.05, 4.69) is 13.8 Å². The highest BCUT2D eigenvalue weighted by atomic mass is 16.7. The Morgan fingerprint density at radius 1 is 1.20 bits per heavy atom. The summed E-state index contributed by atoms with van der Waals surface area (Å²) in [6, 6.07) is 0. The summed E-state index contributed by atoms with van der Waals surface area (Å²) in [7, 11) is 1.59. The molecule has 0 saturated carbocycles. The van der Waals surface area contributed by atoms with Gasteiger partial charge >= 0.3 is 0 Å². The molecule has 0 aromatic rings. The molecule has 1 heterocycles. The normalized spacial score (nSPS) is 27.9. The molecular weight excluding hydrogens is 260 g/mol. The Kier molecular flexibility index (Phi) is 9.39. The second kappa shape index (κ2) is 10.5. The first-order chi connectivity index (χ1) is 9.72. The number of rotatable bonds is 11. The van der Waals surface area contributed by atoms with Crippen molar-refractivity contribution in [1.29, 1.82) is 0 Å². The first-order valence-corrected chi connectivity index (χ1v) is 7.78. The summed E-state index contributed by atoms with van der Waals surface area (Å²) < 4.78 is 22.3. The molecule has 1 rings (SSSR count). The monoisotopic (exact) mass is 290 g/mol. The average molecular weight is 290 g/mol. The standard InChI is InChI=1S/C15H30O5/c1-4-6-8-18-11-14(19-9-7-5-2)12-10-13(17-3)15(16)20-12/h12-16H,4-11H2,1-3H3/t12-,13+,14+,15?/m0/s1. The molecule has 0 spiro atoms. The van der Waals surface area contributed by atoms with Crippen molar-refractivity contribution in [3.63, 3.8) is 0 Å². The number of aliphatic hydroxyl groups is 1. The lowest BCUT2D eigenvalue weighted by molar-refractivity contribution is -0.165. The van der Waals surface area contributed by atoms with E-state index >= 15 is 0 Å². The smallest absolute Gasteiger partial charge is 0.181 e. The maximum absolute atomic E-state index is 9.75. The third-order valence-corrected chi connectivity index (χ3v) is 3.57. The molecule has 1 unspecified atom stereocenters. The summed E-state index contributed by atoms with van der Waals surface area (Å²) >= 11 is 0. The average Bonchev–Trinajstić information content (AvgIpc) is 2.82. The van der Waals surface area contributed by atoms with E-state index in [1.165, 1.54) is 0 Å². The molecule has 1 aliphatic rings. The second-order valence-corrected chi connectivity index (χ2v) is 5.27. The molecule has 5 nitrogen and oxygen atoms in total. The van der Waals surface area contributed by atoms with Crippen LogP contribution in [0.1, 0.15) is 46.0 Å². The van der Waals surface area contributed by atoms with Gasteiger partial charge in [-0.05, 0) is 12.8 Å². The molecule has 0 radical (unpaired) electrons. The third kappa shape index (κ3) is 6.06. The summed E-state index contributed by atoms with van der Waals surface area (Å²) in [4.78, 5) is 0. The van der Waals surface area contributed by atoms with E-state index in [4.69, 9.17) is 18.9 Å².